The van der Waals surface area contributed by atoms with Crippen molar-refractivity contribution in [3.05, 3.63) is 54.1 Å². The number of hydrogen-bond acceptors (Lipinski definition) is 2. The molecule has 1 unspecified atom stereocenters. The summed E-state index contributed by atoms with van der Waals surface area (Å²) in [5.74, 6) is 0. The third-order valence-electron chi connectivity index (χ3n) is 2.63. The Hall–Kier alpha value is -1.50. The van der Waals surface area contributed by atoms with Crippen LogP contribution in [0.1, 0.15) is 5.56 Å². The minimum atomic E-state index is -1.78. The molecule has 0 saturated carbocycles. The summed E-state index contributed by atoms with van der Waals surface area (Å²) in [5, 5.41) is 0.744. The maximum atomic E-state index is 11.8. The van der Waals surface area contributed by atoms with E-state index in [2.05, 4.69) is 0 Å². The lowest BCUT2D eigenvalue weighted by Gasteiger charge is -2.02. The highest BCUT2D eigenvalue weighted by Gasteiger charge is 2.24. The van der Waals surface area contributed by atoms with Gasteiger partial charge in [0.2, 0.25) is 5.30 Å². The van der Waals surface area contributed by atoms with Crippen molar-refractivity contribution in [1.82, 2.24) is 0 Å². The Balaban J connectivity index is 2.51. The second-order valence-corrected chi connectivity index (χ2v) is 5.18. The van der Waals surface area contributed by atoms with Crippen molar-refractivity contribution in [2.24, 2.45) is 0 Å². The average molecular weight is 245 g/mol. The molecule has 1 atom stereocenters. The summed E-state index contributed by atoms with van der Waals surface area (Å²) in [7, 11) is -0.313. The monoisotopic (exact) mass is 245 g/mol. The van der Waals surface area contributed by atoms with E-state index in [4.69, 9.17) is 4.52 Å². The molecule has 0 radical (unpaired) electrons. The first-order chi connectivity index (χ1) is 8.22. The lowest BCUT2D eigenvalue weighted by atomic mass is 10.0. The van der Waals surface area contributed by atoms with Gasteiger partial charge in [0.25, 0.3) is 0 Å². The molecule has 86 valence electrons. The minimum absolute atomic E-state index is 0.744. The van der Waals surface area contributed by atoms with E-state index in [0.717, 1.165) is 16.4 Å². The van der Waals surface area contributed by atoms with Crippen molar-refractivity contribution in [3.8, 4) is 11.1 Å². The molecule has 2 aromatic rings. The Morgan fingerprint density at radius 1 is 1.00 bits per heavy atom. The van der Waals surface area contributed by atoms with Gasteiger partial charge in [0.15, 0.2) is 0 Å². The van der Waals surface area contributed by atoms with Gasteiger partial charge < -0.3 is 0 Å². The lowest BCUT2D eigenvalue weighted by molar-refractivity contribution is 0.423. The van der Waals surface area contributed by atoms with E-state index < -0.39 is 8.03 Å². The van der Waals surface area contributed by atoms with Gasteiger partial charge in [-0.05, 0) is 29.2 Å². The fourth-order valence-electron chi connectivity index (χ4n) is 1.71. The van der Waals surface area contributed by atoms with Crippen LogP contribution in [0.4, 0.5) is 0 Å². The second kappa shape index (κ2) is 5.22. The SMILES string of the molecule is CO[P+](=O)c1ccccc1-c1ccc(C)cc1. The van der Waals surface area contributed by atoms with Crippen LogP contribution in [0, 0.1) is 6.92 Å². The topological polar surface area (TPSA) is 26.3 Å². The van der Waals surface area contributed by atoms with E-state index in [1.54, 1.807) is 0 Å². The van der Waals surface area contributed by atoms with E-state index in [1.165, 1.54) is 12.7 Å². The van der Waals surface area contributed by atoms with E-state index >= 15 is 0 Å². The molecule has 0 N–H and O–H groups in total. The molecule has 0 aliphatic carbocycles. The fourth-order valence-corrected chi connectivity index (χ4v) is 2.51. The van der Waals surface area contributed by atoms with Crippen molar-refractivity contribution in [2.45, 2.75) is 6.92 Å². The smallest absolute Gasteiger partial charge is 0.145 e. The molecule has 2 aromatic carbocycles. The highest BCUT2D eigenvalue weighted by atomic mass is 31.1. The van der Waals surface area contributed by atoms with Gasteiger partial charge in [-0.25, -0.2) is 0 Å². The third-order valence-corrected chi connectivity index (χ3v) is 3.74. The van der Waals surface area contributed by atoms with Crippen molar-refractivity contribution >= 4 is 13.3 Å². The van der Waals surface area contributed by atoms with Gasteiger partial charge in [-0.15, -0.1) is 4.52 Å². The molecule has 0 saturated heterocycles. The van der Waals surface area contributed by atoms with Crippen LogP contribution < -0.4 is 5.30 Å². The molecule has 0 aliphatic rings. The van der Waals surface area contributed by atoms with Crippen molar-refractivity contribution in [2.75, 3.05) is 7.11 Å². The summed E-state index contributed by atoms with van der Waals surface area (Å²) in [6.07, 6.45) is 0. The Kier molecular flexibility index (Phi) is 3.68. The summed E-state index contributed by atoms with van der Waals surface area (Å²) in [6, 6.07) is 15.8. The first-order valence-electron chi connectivity index (χ1n) is 5.40. The van der Waals surface area contributed by atoms with Gasteiger partial charge in [0, 0.05) is 5.56 Å². The van der Waals surface area contributed by atoms with Crippen LogP contribution in [0.5, 0.6) is 0 Å². The predicted molar refractivity (Wildman–Crippen MR) is 70.9 cm³/mol. The summed E-state index contributed by atoms with van der Waals surface area (Å²) >= 11 is 0. The van der Waals surface area contributed by atoms with Crippen molar-refractivity contribution in [1.29, 1.82) is 0 Å². The highest BCUT2D eigenvalue weighted by molar-refractivity contribution is 7.48. The average Bonchev–Trinajstić information content (AvgIpc) is 2.39. The van der Waals surface area contributed by atoms with Crippen LogP contribution in [0.25, 0.3) is 11.1 Å². The molecule has 0 spiro atoms. The molecule has 17 heavy (non-hydrogen) atoms. The number of rotatable bonds is 3. The summed E-state index contributed by atoms with van der Waals surface area (Å²) < 4.78 is 16.7. The van der Waals surface area contributed by atoms with Crippen LogP contribution in [0.3, 0.4) is 0 Å². The highest BCUT2D eigenvalue weighted by Crippen LogP contribution is 2.28. The quantitative estimate of drug-likeness (QED) is 0.771. The second-order valence-electron chi connectivity index (χ2n) is 3.82. The normalized spacial score (nSPS) is 11.3. The molecule has 0 amide bonds. The zero-order valence-electron chi connectivity index (χ0n) is 9.88. The van der Waals surface area contributed by atoms with Crippen LogP contribution in [0.15, 0.2) is 48.5 Å². The summed E-state index contributed by atoms with van der Waals surface area (Å²) in [5.41, 5.74) is 3.24. The first-order valence-corrected chi connectivity index (χ1v) is 6.57. The Morgan fingerprint density at radius 2 is 1.65 bits per heavy atom. The van der Waals surface area contributed by atoms with E-state index in [0.29, 0.717) is 0 Å². The molecule has 0 fully saturated rings. The van der Waals surface area contributed by atoms with Crippen LogP contribution in [-0.4, -0.2) is 7.11 Å². The molecule has 0 bridgehead atoms. The Labute approximate surface area is 102 Å². The summed E-state index contributed by atoms with van der Waals surface area (Å²) in [4.78, 5) is 0. The van der Waals surface area contributed by atoms with Crippen LogP contribution in [-0.2, 0) is 9.09 Å². The number of hydrogen-bond donors (Lipinski definition) is 0. The van der Waals surface area contributed by atoms with E-state index in [-0.39, 0.29) is 0 Å². The predicted octanol–water partition coefficient (Wildman–Crippen LogP) is 3.68. The molecule has 0 heterocycles. The van der Waals surface area contributed by atoms with Gasteiger partial charge in [-0.2, -0.15) is 0 Å². The molecular formula is C14H14O2P+. The van der Waals surface area contributed by atoms with Gasteiger partial charge in [-0.1, -0.05) is 42.0 Å². The molecule has 2 rings (SSSR count). The van der Waals surface area contributed by atoms with Gasteiger partial charge >= 0.3 is 8.03 Å². The molecular weight excluding hydrogens is 231 g/mol. The number of aryl methyl sites for hydroxylation is 1. The minimum Gasteiger partial charge on any atom is -0.145 e. The fraction of sp³-hybridized carbons (Fsp3) is 0.143. The maximum Gasteiger partial charge on any atom is 0.549 e. The van der Waals surface area contributed by atoms with Crippen molar-refractivity contribution in [3.63, 3.8) is 0 Å². The summed E-state index contributed by atoms with van der Waals surface area (Å²) in [6.45, 7) is 2.05. The molecule has 0 aromatic heterocycles. The Morgan fingerprint density at radius 3 is 2.29 bits per heavy atom. The van der Waals surface area contributed by atoms with Crippen LogP contribution in [0.2, 0.25) is 0 Å². The van der Waals surface area contributed by atoms with Gasteiger partial charge in [0.1, 0.15) is 0 Å². The van der Waals surface area contributed by atoms with Crippen LogP contribution >= 0.6 is 8.03 Å². The van der Waals surface area contributed by atoms with E-state index in [1.807, 2.05) is 55.5 Å². The third kappa shape index (κ3) is 2.60. The van der Waals surface area contributed by atoms with E-state index in [9.17, 15) is 4.57 Å². The first kappa shape index (κ1) is 12.0. The molecule has 3 heteroatoms. The zero-order valence-corrected chi connectivity index (χ0v) is 10.8. The van der Waals surface area contributed by atoms with Gasteiger partial charge in [-0.3, -0.25) is 0 Å². The standard InChI is InChI=1S/C14H14O2P/c1-11-7-9-12(10-8-11)13-5-3-4-6-14(13)17(15)16-2/h3-10H,1-2H3/q+1. The van der Waals surface area contributed by atoms with Gasteiger partial charge in [0.05, 0.1) is 7.11 Å². The lowest BCUT2D eigenvalue weighted by Crippen LogP contribution is -2.01. The maximum absolute atomic E-state index is 11.8. The number of benzene rings is 2. The largest absolute Gasteiger partial charge is 0.549 e. The molecule has 2 nitrogen and oxygen atoms in total. The molecule has 0 aliphatic heterocycles. The van der Waals surface area contributed by atoms with Crippen molar-refractivity contribution < 1.29 is 9.09 Å². The zero-order chi connectivity index (χ0) is 12.3. The Bertz CT molecular complexity index is 532.